The van der Waals surface area contributed by atoms with Crippen molar-refractivity contribution in [2.24, 2.45) is 0 Å². The van der Waals surface area contributed by atoms with Gasteiger partial charge in [-0.1, -0.05) is 12.1 Å². The minimum Gasteiger partial charge on any atom is -0.337 e. The number of rotatable bonds is 5. The van der Waals surface area contributed by atoms with Gasteiger partial charge in [0.25, 0.3) is 0 Å². The molecule has 0 saturated carbocycles. The van der Waals surface area contributed by atoms with Gasteiger partial charge in [-0.25, -0.2) is 21.6 Å². The van der Waals surface area contributed by atoms with Crippen molar-refractivity contribution < 1.29 is 26.4 Å². The highest BCUT2D eigenvalue weighted by Gasteiger charge is 2.33. The van der Waals surface area contributed by atoms with Crippen molar-refractivity contribution in [2.75, 3.05) is 32.4 Å². The molecule has 1 fully saturated rings. The molecule has 0 aliphatic carbocycles. The van der Waals surface area contributed by atoms with Gasteiger partial charge in [-0.2, -0.15) is 4.31 Å². The Morgan fingerprint density at radius 3 is 2.20 bits per heavy atom. The number of nitrogens with zero attached hydrogens (tertiary/aromatic N) is 2. The molecule has 0 bridgehead atoms. The topological polar surface area (TPSA) is 57.7 Å². The summed E-state index contributed by atoms with van der Waals surface area (Å²) in [6.07, 6.45) is 5.05. The molecule has 2 aromatic carbocycles. The quantitative estimate of drug-likeness (QED) is 0.393. The van der Waals surface area contributed by atoms with Crippen LogP contribution in [-0.4, -0.2) is 56.0 Å². The van der Waals surface area contributed by atoms with Crippen LogP contribution < -0.4 is 0 Å². The van der Waals surface area contributed by atoms with E-state index in [1.165, 1.54) is 11.0 Å². The molecule has 1 aliphatic rings. The van der Waals surface area contributed by atoms with Gasteiger partial charge < -0.3 is 4.90 Å². The molecule has 1 saturated heterocycles. The fourth-order valence-electron chi connectivity index (χ4n) is 2.98. The predicted molar refractivity (Wildman–Crippen MR) is 109 cm³/mol. The Kier molecular flexibility index (Phi) is 6.89. The Labute approximate surface area is 177 Å². The summed E-state index contributed by atoms with van der Waals surface area (Å²) in [6.45, 7) is 0.0315. The van der Waals surface area contributed by atoms with Gasteiger partial charge in [0.1, 0.15) is 4.90 Å². The average Bonchev–Trinajstić information content (AvgIpc) is 2.76. The second-order valence-corrected chi connectivity index (χ2v) is 9.30. The van der Waals surface area contributed by atoms with Crippen LogP contribution >= 0.6 is 11.8 Å². The maximum absolute atomic E-state index is 13.9. The van der Waals surface area contributed by atoms with Crippen molar-refractivity contribution in [3.05, 3.63) is 65.5 Å². The molecule has 0 unspecified atom stereocenters. The van der Waals surface area contributed by atoms with E-state index in [4.69, 9.17) is 0 Å². The molecule has 2 aromatic rings. The molecule has 1 heterocycles. The standard InChI is InChI=1S/C20H19F3N2O3S2/c1-29-15-5-2-14(3-6-15)4-9-18(26)24-10-12-25(13-11-24)30(27,28)17-8-7-16(21)19(22)20(17)23/h2-9H,10-13H2,1H3/b9-4+. The van der Waals surface area contributed by atoms with E-state index in [2.05, 4.69) is 0 Å². The number of sulfonamides is 1. The largest absolute Gasteiger partial charge is 0.337 e. The van der Waals surface area contributed by atoms with E-state index in [1.54, 1.807) is 17.8 Å². The summed E-state index contributed by atoms with van der Waals surface area (Å²) in [4.78, 5) is 14.0. The van der Waals surface area contributed by atoms with Crippen LogP contribution in [0.3, 0.4) is 0 Å². The summed E-state index contributed by atoms with van der Waals surface area (Å²) in [6, 6.07) is 8.92. The van der Waals surface area contributed by atoms with Gasteiger partial charge in [0.15, 0.2) is 17.5 Å². The number of piperazine rings is 1. The van der Waals surface area contributed by atoms with E-state index in [0.717, 1.165) is 14.8 Å². The Morgan fingerprint density at radius 2 is 1.60 bits per heavy atom. The van der Waals surface area contributed by atoms with E-state index < -0.39 is 32.4 Å². The molecule has 0 N–H and O–H groups in total. The molecule has 0 spiro atoms. The Bertz CT molecular complexity index is 1070. The zero-order valence-electron chi connectivity index (χ0n) is 16.0. The molecule has 0 atom stereocenters. The van der Waals surface area contributed by atoms with Gasteiger partial charge in [-0.3, -0.25) is 4.79 Å². The van der Waals surface area contributed by atoms with E-state index in [0.29, 0.717) is 12.1 Å². The summed E-state index contributed by atoms with van der Waals surface area (Å²) in [7, 11) is -4.35. The van der Waals surface area contributed by atoms with Crippen molar-refractivity contribution in [3.63, 3.8) is 0 Å². The maximum Gasteiger partial charge on any atom is 0.246 e. The minimum absolute atomic E-state index is 0.0806. The van der Waals surface area contributed by atoms with Crippen molar-refractivity contribution in [3.8, 4) is 0 Å². The Balaban J connectivity index is 1.64. The van der Waals surface area contributed by atoms with Crippen LogP contribution in [0.1, 0.15) is 5.56 Å². The molecule has 1 aliphatic heterocycles. The highest BCUT2D eigenvalue weighted by molar-refractivity contribution is 7.98. The van der Waals surface area contributed by atoms with Crippen LogP contribution in [0.5, 0.6) is 0 Å². The molecule has 1 amide bonds. The zero-order valence-corrected chi connectivity index (χ0v) is 17.6. The fourth-order valence-corrected chi connectivity index (χ4v) is 4.87. The van der Waals surface area contributed by atoms with Crippen LogP contribution in [0.4, 0.5) is 13.2 Å². The lowest BCUT2D eigenvalue weighted by Gasteiger charge is -2.33. The third-order valence-corrected chi connectivity index (χ3v) is 7.36. The van der Waals surface area contributed by atoms with Gasteiger partial charge in [0.05, 0.1) is 0 Å². The number of carbonyl (C=O) groups is 1. The van der Waals surface area contributed by atoms with Crippen LogP contribution in [-0.2, 0) is 14.8 Å². The van der Waals surface area contributed by atoms with Crippen LogP contribution in [0, 0.1) is 17.5 Å². The molecule has 160 valence electrons. The van der Waals surface area contributed by atoms with Gasteiger partial charge >= 0.3 is 0 Å². The summed E-state index contributed by atoms with van der Waals surface area (Å²) >= 11 is 1.61. The monoisotopic (exact) mass is 456 g/mol. The third kappa shape index (κ3) is 4.71. The van der Waals surface area contributed by atoms with E-state index in [-0.39, 0.29) is 32.1 Å². The summed E-state index contributed by atoms with van der Waals surface area (Å²) in [5.41, 5.74) is 0.858. The van der Waals surface area contributed by atoms with Gasteiger partial charge in [-0.15, -0.1) is 11.8 Å². The maximum atomic E-state index is 13.9. The first kappa shape index (κ1) is 22.4. The van der Waals surface area contributed by atoms with E-state index >= 15 is 0 Å². The number of thioether (sulfide) groups is 1. The zero-order chi connectivity index (χ0) is 21.9. The number of carbonyl (C=O) groups excluding carboxylic acids is 1. The number of halogens is 3. The molecule has 0 radical (unpaired) electrons. The van der Waals surface area contributed by atoms with Crippen molar-refractivity contribution >= 4 is 33.8 Å². The average molecular weight is 457 g/mol. The number of amides is 1. The van der Waals surface area contributed by atoms with E-state index in [1.807, 2.05) is 30.5 Å². The first-order valence-corrected chi connectivity index (χ1v) is 11.6. The normalized spacial score (nSPS) is 15.7. The molecule has 3 rings (SSSR count). The SMILES string of the molecule is CSc1ccc(/C=C/C(=O)N2CCN(S(=O)(=O)c3ccc(F)c(F)c3F)CC2)cc1. The number of benzene rings is 2. The van der Waals surface area contributed by atoms with Crippen LogP contribution in [0.15, 0.2) is 52.3 Å². The van der Waals surface area contributed by atoms with Crippen LogP contribution in [0.2, 0.25) is 0 Å². The predicted octanol–water partition coefficient (Wildman–Crippen LogP) is 3.37. The third-order valence-electron chi connectivity index (χ3n) is 4.70. The van der Waals surface area contributed by atoms with E-state index in [9.17, 15) is 26.4 Å². The molecule has 5 nitrogen and oxygen atoms in total. The van der Waals surface area contributed by atoms with Crippen molar-refractivity contribution in [1.82, 2.24) is 9.21 Å². The second kappa shape index (κ2) is 9.23. The highest BCUT2D eigenvalue weighted by atomic mass is 32.2. The first-order chi connectivity index (χ1) is 14.2. The van der Waals surface area contributed by atoms with Crippen LogP contribution in [0.25, 0.3) is 6.08 Å². The lowest BCUT2D eigenvalue weighted by Crippen LogP contribution is -2.50. The molecular weight excluding hydrogens is 437 g/mol. The lowest BCUT2D eigenvalue weighted by molar-refractivity contribution is -0.127. The Morgan fingerprint density at radius 1 is 0.967 bits per heavy atom. The molecular formula is C20H19F3N2O3S2. The number of hydrogen-bond donors (Lipinski definition) is 0. The molecule has 10 heteroatoms. The molecule has 30 heavy (non-hydrogen) atoms. The minimum atomic E-state index is -4.35. The lowest BCUT2D eigenvalue weighted by atomic mass is 10.2. The highest BCUT2D eigenvalue weighted by Crippen LogP contribution is 2.24. The second-order valence-electron chi connectivity index (χ2n) is 6.51. The summed E-state index contributed by atoms with van der Waals surface area (Å²) in [5, 5.41) is 0. The first-order valence-electron chi connectivity index (χ1n) is 8.98. The van der Waals surface area contributed by atoms with Gasteiger partial charge in [-0.05, 0) is 42.2 Å². The fraction of sp³-hybridized carbons (Fsp3) is 0.250. The van der Waals surface area contributed by atoms with Gasteiger partial charge in [0.2, 0.25) is 15.9 Å². The summed E-state index contributed by atoms with van der Waals surface area (Å²) in [5.74, 6) is -5.32. The van der Waals surface area contributed by atoms with Crippen molar-refractivity contribution in [2.45, 2.75) is 9.79 Å². The smallest absolute Gasteiger partial charge is 0.246 e. The summed E-state index contributed by atoms with van der Waals surface area (Å²) < 4.78 is 66.6. The van der Waals surface area contributed by atoms with Crippen molar-refractivity contribution in [1.29, 1.82) is 0 Å². The Hall–Kier alpha value is -2.30. The molecule has 0 aromatic heterocycles. The number of hydrogen-bond acceptors (Lipinski definition) is 4. The van der Waals surface area contributed by atoms with Gasteiger partial charge in [0, 0.05) is 37.2 Å².